The van der Waals surface area contributed by atoms with Gasteiger partial charge in [0.15, 0.2) is 5.96 Å². The second-order valence-corrected chi connectivity index (χ2v) is 7.77. The van der Waals surface area contributed by atoms with Crippen LogP contribution in [0.5, 0.6) is 0 Å². The Kier molecular flexibility index (Phi) is 7.05. The molecule has 0 radical (unpaired) electrons. The smallest absolute Gasteiger partial charge is 0.191 e. The van der Waals surface area contributed by atoms with Crippen molar-refractivity contribution in [3.05, 3.63) is 57.8 Å². The molecule has 1 aromatic heterocycles. The molecule has 1 unspecified atom stereocenters. The van der Waals surface area contributed by atoms with E-state index in [1.807, 2.05) is 18.4 Å². The number of nitrogens with one attached hydrogen (secondary N) is 2. The molecule has 0 saturated carbocycles. The van der Waals surface area contributed by atoms with E-state index < -0.39 is 0 Å². The Hall–Kier alpha value is -1.89. The summed E-state index contributed by atoms with van der Waals surface area (Å²) < 4.78 is 5.53. The van der Waals surface area contributed by atoms with Gasteiger partial charge in [-0.25, -0.2) is 0 Å². The molecule has 6 heteroatoms. The van der Waals surface area contributed by atoms with Crippen LogP contribution in [0.15, 0.2) is 47.5 Å². The van der Waals surface area contributed by atoms with Crippen molar-refractivity contribution in [3.8, 4) is 0 Å². The Morgan fingerprint density at radius 1 is 1.15 bits per heavy atom. The summed E-state index contributed by atoms with van der Waals surface area (Å²) in [6.07, 6.45) is 0. The monoisotopic (exact) mass is 372 g/mol. The molecule has 1 saturated heterocycles. The fourth-order valence-electron chi connectivity index (χ4n) is 3.19. The van der Waals surface area contributed by atoms with Crippen LogP contribution in [0, 0.1) is 6.92 Å². The molecular weight excluding hydrogens is 344 g/mol. The van der Waals surface area contributed by atoms with Crippen LogP contribution in [0.2, 0.25) is 0 Å². The summed E-state index contributed by atoms with van der Waals surface area (Å²) in [7, 11) is 1.82. The fraction of sp³-hybridized carbons (Fsp3) is 0.450. The summed E-state index contributed by atoms with van der Waals surface area (Å²) in [5.74, 6) is 0.838. The first-order valence-corrected chi connectivity index (χ1v) is 9.94. The zero-order chi connectivity index (χ0) is 18.2. The van der Waals surface area contributed by atoms with E-state index in [-0.39, 0.29) is 0 Å². The largest absolute Gasteiger partial charge is 0.379 e. The van der Waals surface area contributed by atoms with Crippen molar-refractivity contribution >= 4 is 17.3 Å². The third-order valence-electron chi connectivity index (χ3n) is 4.58. The van der Waals surface area contributed by atoms with Crippen LogP contribution >= 0.6 is 11.3 Å². The van der Waals surface area contributed by atoms with Gasteiger partial charge in [0.25, 0.3) is 0 Å². The summed E-state index contributed by atoms with van der Waals surface area (Å²) in [6, 6.07) is 15.3. The van der Waals surface area contributed by atoms with Gasteiger partial charge in [-0.05, 0) is 24.6 Å². The lowest BCUT2D eigenvalue weighted by Crippen LogP contribution is -2.46. The molecular formula is C20H28N4OS. The summed E-state index contributed by atoms with van der Waals surface area (Å²) in [5, 5.41) is 6.92. The Balaban J connectivity index is 1.60. The number of hydrogen-bond donors (Lipinski definition) is 2. The maximum atomic E-state index is 5.53. The Morgan fingerprint density at radius 3 is 2.58 bits per heavy atom. The highest BCUT2D eigenvalue weighted by Crippen LogP contribution is 2.21. The van der Waals surface area contributed by atoms with Crippen molar-refractivity contribution in [2.45, 2.75) is 19.5 Å². The topological polar surface area (TPSA) is 48.9 Å². The molecule has 1 atom stereocenters. The summed E-state index contributed by atoms with van der Waals surface area (Å²) in [5.41, 5.74) is 1.33. The minimum atomic E-state index is 0.308. The van der Waals surface area contributed by atoms with Gasteiger partial charge in [0.2, 0.25) is 0 Å². The average molecular weight is 373 g/mol. The third kappa shape index (κ3) is 5.30. The molecule has 1 aromatic carbocycles. The Bertz CT molecular complexity index is 695. The summed E-state index contributed by atoms with van der Waals surface area (Å²) in [4.78, 5) is 9.52. The lowest BCUT2D eigenvalue weighted by molar-refractivity contribution is 0.0170. The first-order chi connectivity index (χ1) is 12.8. The average Bonchev–Trinajstić information content (AvgIpc) is 3.11. The number of nitrogens with zero attached hydrogens (tertiary/aromatic N) is 2. The van der Waals surface area contributed by atoms with Crippen molar-refractivity contribution in [2.75, 3.05) is 39.9 Å². The second kappa shape index (κ2) is 9.71. The lowest BCUT2D eigenvalue weighted by Gasteiger charge is -2.35. The highest BCUT2D eigenvalue weighted by molar-refractivity contribution is 7.11. The van der Waals surface area contributed by atoms with Crippen molar-refractivity contribution in [1.82, 2.24) is 15.5 Å². The van der Waals surface area contributed by atoms with Crippen LogP contribution in [0.25, 0.3) is 0 Å². The molecule has 0 aliphatic carbocycles. The number of guanidine groups is 1. The molecule has 1 aliphatic rings. The second-order valence-electron chi connectivity index (χ2n) is 6.39. The molecule has 3 rings (SSSR count). The van der Waals surface area contributed by atoms with E-state index in [0.717, 1.165) is 45.4 Å². The molecule has 2 N–H and O–H groups in total. The molecule has 2 heterocycles. The van der Waals surface area contributed by atoms with Crippen molar-refractivity contribution in [2.24, 2.45) is 4.99 Å². The van der Waals surface area contributed by atoms with Crippen LogP contribution in [0.4, 0.5) is 0 Å². The van der Waals surface area contributed by atoms with E-state index in [9.17, 15) is 0 Å². The van der Waals surface area contributed by atoms with Crippen molar-refractivity contribution < 1.29 is 4.74 Å². The molecule has 5 nitrogen and oxygen atoms in total. The van der Waals surface area contributed by atoms with Gasteiger partial charge in [-0.1, -0.05) is 30.3 Å². The Morgan fingerprint density at radius 2 is 1.92 bits per heavy atom. The first kappa shape index (κ1) is 18.9. The summed E-state index contributed by atoms with van der Waals surface area (Å²) >= 11 is 1.82. The summed E-state index contributed by atoms with van der Waals surface area (Å²) in [6.45, 7) is 7.26. The maximum absolute atomic E-state index is 5.53. The van der Waals surface area contributed by atoms with Crippen LogP contribution in [0.1, 0.15) is 21.4 Å². The standard InChI is InChI=1S/C20H28N4OS/c1-16-8-9-18(26-16)14-22-20(21-2)23-15-19(17-6-4-3-5-7-17)24-10-12-25-13-11-24/h3-9,19H,10-15H2,1-2H3,(H2,21,22,23). The van der Waals surface area contributed by atoms with Crippen molar-refractivity contribution in [1.29, 1.82) is 0 Å². The van der Waals surface area contributed by atoms with Crippen LogP contribution < -0.4 is 10.6 Å². The fourth-order valence-corrected chi connectivity index (χ4v) is 4.02. The molecule has 1 aliphatic heterocycles. The highest BCUT2D eigenvalue weighted by Gasteiger charge is 2.22. The zero-order valence-corrected chi connectivity index (χ0v) is 16.4. The van der Waals surface area contributed by atoms with Gasteiger partial charge >= 0.3 is 0 Å². The quantitative estimate of drug-likeness (QED) is 0.605. The predicted molar refractivity (Wildman–Crippen MR) is 109 cm³/mol. The molecule has 26 heavy (non-hydrogen) atoms. The molecule has 140 valence electrons. The van der Waals surface area contributed by atoms with E-state index in [0.29, 0.717) is 6.04 Å². The van der Waals surface area contributed by atoms with Crippen molar-refractivity contribution in [3.63, 3.8) is 0 Å². The molecule has 0 spiro atoms. The first-order valence-electron chi connectivity index (χ1n) is 9.13. The number of morpholine rings is 1. The van der Waals surface area contributed by atoms with Gasteiger partial charge in [0, 0.05) is 36.4 Å². The number of ether oxygens (including phenoxy) is 1. The van der Waals surface area contributed by atoms with E-state index in [1.165, 1.54) is 15.3 Å². The van der Waals surface area contributed by atoms with Gasteiger partial charge in [0.05, 0.1) is 25.8 Å². The van der Waals surface area contributed by atoms with Gasteiger partial charge in [-0.15, -0.1) is 11.3 Å². The van der Waals surface area contributed by atoms with Gasteiger partial charge in [-0.2, -0.15) is 0 Å². The molecule has 0 amide bonds. The van der Waals surface area contributed by atoms with E-state index in [4.69, 9.17) is 4.74 Å². The molecule has 0 bridgehead atoms. The third-order valence-corrected chi connectivity index (χ3v) is 5.58. The van der Waals surface area contributed by atoms with Crippen LogP contribution in [-0.2, 0) is 11.3 Å². The maximum Gasteiger partial charge on any atom is 0.191 e. The number of aliphatic imine (C=N–C) groups is 1. The number of rotatable bonds is 6. The van der Waals surface area contributed by atoms with Gasteiger partial charge < -0.3 is 15.4 Å². The normalized spacial score (nSPS) is 17.1. The SMILES string of the molecule is CN=C(NCc1ccc(C)s1)NCC(c1ccccc1)N1CCOCC1. The predicted octanol–water partition coefficient (Wildman–Crippen LogP) is 2.80. The van der Waals surface area contributed by atoms with E-state index in [2.05, 4.69) is 69.9 Å². The number of aryl methyl sites for hydroxylation is 1. The van der Waals surface area contributed by atoms with Crippen LogP contribution in [-0.4, -0.2) is 50.8 Å². The minimum absolute atomic E-state index is 0.308. The minimum Gasteiger partial charge on any atom is -0.379 e. The number of hydrogen-bond acceptors (Lipinski definition) is 4. The Labute approximate surface area is 160 Å². The van der Waals surface area contributed by atoms with Gasteiger partial charge in [-0.3, -0.25) is 9.89 Å². The highest BCUT2D eigenvalue weighted by atomic mass is 32.1. The lowest BCUT2D eigenvalue weighted by atomic mass is 10.0. The van der Waals surface area contributed by atoms with E-state index in [1.54, 1.807) is 0 Å². The zero-order valence-electron chi connectivity index (χ0n) is 15.6. The molecule has 2 aromatic rings. The number of benzene rings is 1. The van der Waals surface area contributed by atoms with Crippen LogP contribution in [0.3, 0.4) is 0 Å². The van der Waals surface area contributed by atoms with E-state index >= 15 is 0 Å². The number of thiophene rings is 1. The van der Waals surface area contributed by atoms with Gasteiger partial charge in [0.1, 0.15) is 0 Å². The molecule has 1 fully saturated rings.